The van der Waals surface area contributed by atoms with Crippen molar-refractivity contribution in [2.45, 2.75) is 45.7 Å². The number of carbonyl (C=O) groups excluding carboxylic acids is 4. The second-order valence-corrected chi connectivity index (χ2v) is 6.36. The summed E-state index contributed by atoms with van der Waals surface area (Å²) >= 11 is 1.45. The Morgan fingerprint density at radius 3 is 2.09 bits per heavy atom. The molecule has 0 aliphatic carbocycles. The molecule has 0 aromatic rings. The maximum absolute atomic E-state index is 12.2. The molecule has 0 aliphatic heterocycles. The van der Waals surface area contributed by atoms with E-state index in [0.29, 0.717) is 12.2 Å². The Balaban J connectivity index is 4.88. The Morgan fingerprint density at radius 1 is 1.09 bits per heavy atom. The van der Waals surface area contributed by atoms with Crippen LogP contribution in [0.15, 0.2) is 0 Å². The Labute approximate surface area is 134 Å². The monoisotopic (exact) mass is 331 g/mol. The van der Waals surface area contributed by atoms with Crippen molar-refractivity contribution in [1.82, 2.24) is 10.6 Å². The summed E-state index contributed by atoms with van der Waals surface area (Å²) in [5.41, 5.74) is 0. The normalized spacial score (nSPS) is 13.3. The molecule has 0 aliphatic rings. The van der Waals surface area contributed by atoms with Gasteiger partial charge in [0.2, 0.25) is 11.7 Å². The molecular weight excluding hydrogens is 308 g/mol. The van der Waals surface area contributed by atoms with Gasteiger partial charge in [0, 0.05) is 6.92 Å². The number of carboxylic acid groups (broad SMARTS) is 1. The first-order valence-corrected chi connectivity index (χ1v) is 8.40. The van der Waals surface area contributed by atoms with Gasteiger partial charge in [-0.2, -0.15) is 11.8 Å². The van der Waals surface area contributed by atoms with E-state index in [-0.39, 0.29) is 12.3 Å². The Kier molecular flexibility index (Phi) is 9.48. The first-order valence-electron chi connectivity index (χ1n) is 7.00. The summed E-state index contributed by atoms with van der Waals surface area (Å²) in [5, 5.41) is 15.7. The lowest BCUT2D eigenvalue weighted by atomic mass is 10.0. The van der Waals surface area contributed by atoms with Crippen LogP contribution in [-0.2, 0) is 19.2 Å². The molecule has 0 saturated carbocycles. The number of nitrogens with one attached hydrogen (secondary N) is 2. The fourth-order valence-corrected chi connectivity index (χ4v) is 2.19. The molecule has 2 N–H and O–H groups in total. The highest BCUT2D eigenvalue weighted by atomic mass is 32.2. The zero-order chi connectivity index (χ0) is 17.3. The van der Waals surface area contributed by atoms with Crippen molar-refractivity contribution < 1.29 is 24.3 Å². The third-order valence-electron chi connectivity index (χ3n) is 2.86. The van der Waals surface area contributed by atoms with E-state index in [2.05, 4.69) is 10.6 Å². The molecule has 22 heavy (non-hydrogen) atoms. The highest BCUT2D eigenvalue weighted by molar-refractivity contribution is 7.98. The fraction of sp³-hybridized carbons (Fsp3) is 0.714. The number of carbonyl (C=O) groups is 4. The summed E-state index contributed by atoms with van der Waals surface area (Å²) in [5.74, 6) is -2.94. The molecule has 0 fully saturated rings. The van der Waals surface area contributed by atoms with Crippen molar-refractivity contribution in [3.05, 3.63) is 0 Å². The van der Waals surface area contributed by atoms with Crippen LogP contribution in [0.1, 0.15) is 33.6 Å². The molecule has 0 radical (unpaired) electrons. The molecule has 0 saturated heterocycles. The topological polar surface area (TPSA) is 115 Å². The molecule has 0 aromatic carbocycles. The molecular formula is C14H23N2O5S-. The largest absolute Gasteiger partial charge is 0.548 e. The second-order valence-electron chi connectivity index (χ2n) is 5.37. The Hall–Kier alpha value is -1.57. The van der Waals surface area contributed by atoms with Crippen LogP contribution in [0.5, 0.6) is 0 Å². The first-order chi connectivity index (χ1) is 10.2. The predicted molar refractivity (Wildman–Crippen MR) is 82.0 cm³/mol. The SMILES string of the molecule is CSCC[C@H](NC(=O)[C@H](CC(C)C)NC(=O)C(C)=O)C(=O)[O-]. The van der Waals surface area contributed by atoms with Gasteiger partial charge in [-0.3, -0.25) is 14.4 Å². The van der Waals surface area contributed by atoms with E-state index in [0.717, 1.165) is 6.92 Å². The summed E-state index contributed by atoms with van der Waals surface area (Å²) in [6, 6.07) is -2.07. The molecule has 2 amide bonds. The minimum atomic E-state index is -1.37. The van der Waals surface area contributed by atoms with Crippen LogP contribution in [0, 0.1) is 5.92 Å². The van der Waals surface area contributed by atoms with Gasteiger partial charge in [0.05, 0.1) is 12.0 Å². The van der Waals surface area contributed by atoms with E-state index < -0.39 is 35.7 Å². The number of thioether (sulfide) groups is 1. The van der Waals surface area contributed by atoms with Crippen molar-refractivity contribution in [3.8, 4) is 0 Å². The van der Waals surface area contributed by atoms with Crippen LogP contribution < -0.4 is 15.7 Å². The molecule has 0 aromatic heterocycles. The summed E-state index contributed by atoms with van der Waals surface area (Å²) in [6.45, 7) is 4.80. The summed E-state index contributed by atoms with van der Waals surface area (Å²) in [4.78, 5) is 45.7. The number of amides is 2. The lowest BCUT2D eigenvalue weighted by molar-refractivity contribution is -0.308. The third kappa shape index (κ3) is 8.02. The van der Waals surface area contributed by atoms with Crippen molar-refractivity contribution in [1.29, 1.82) is 0 Å². The average Bonchev–Trinajstić information content (AvgIpc) is 2.41. The maximum atomic E-state index is 12.2. The molecule has 0 rings (SSSR count). The molecule has 2 atom stereocenters. The van der Waals surface area contributed by atoms with Gasteiger partial charge >= 0.3 is 0 Å². The minimum absolute atomic E-state index is 0.0793. The zero-order valence-electron chi connectivity index (χ0n) is 13.3. The molecule has 0 heterocycles. The summed E-state index contributed by atoms with van der Waals surface area (Å²) < 4.78 is 0. The van der Waals surface area contributed by atoms with Gasteiger partial charge in [0.25, 0.3) is 5.91 Å². The standard InChI is InChI=1S/C14H24N2O5S/c1-8(2)7-11(16-12(18)9(3)17)13(19)15-10(14(20)21)5-6-22-4/h8,10-11H,5-7H2,1-4H3,(H,15,19)(H,16,18)(H,20,21)/p-1/t10-,11-/m0/s1. The quantitative estimate of drug-likeness (QED) is 0.501. The number of hydrogen-bond donors (Lipinski definition) is 2. The number of hydrogen-bond acceptors (Lipinski definition) is 6. The van der Waals surface area contributed by atoms with Gasteiger partial charge in [-0.05, 0) is 30.8 Å². The van der Waals surface area contributed by atoms with Crippen molar-refractivity contribution >= 4 is 35.3 Å². The van der Waals surface area contributed by atoms with Crippen LogP contribution in [-0.4, -0.2) is 47.7 Å². The van der Waals surface area contributed by atoms with Gasteiger partial charge in [-0.1, -0.05) is 13.8 Å². The molecule has 7 nitrogen and oxygen atoms in total. The van der Waals surface area contributed by atoms with Gasteiger partial charge in [-0.25, -0.2) is 0 Å². The van der Waals surface area contributed by atoms with Crippen LogP contribution in [0.25, 0.3) is 0 Å². The van der Waals surface area contributed by atoms with Crippen LogP contribution in [0.4, 0.5) is 0 Å². The predicted octanol–water partition coefficient (Wildman–Crippen LogP) is -0.906. The van der Waals surface area contributed by atoms with Gasteiger partial charge < -0.3 is 20.5 Å². The van der Waals surface area contributed by atoms with E-state index in [1.807, 2.05) is 20.1 Å². The highest BCUT2D eigenvalue weighted by Crippen LogP contribution is 2.07. The van der Waals surface area contributed by atoms with E-state index in [4.69, 9.17) is 0 Å². The van der Waals surface area contributed by atoms with E-state index in [1.54, 1.807) is 0 Å². The molecule has 126 valence electrons. The fourth-order valence-electron chi connectivity index (χ4n) is 1.72. The zero-order valence-corrected chi connectivity index (χ0v) is 14.1. The first kappa shape index (κ1) is 20.4. The summed E-state index contributed by atoms with van der Waals surface area (Å²) in [6.07, 6.45) is 2.35. The molecule has 8 heteroatoms. The highest BCUT2D eigenvalue weighted by Gasteiger charge is 2.25. The van der Waals surface area contributed by atoms with Gasteiger partial charge in [0.1, 0.15) is 6.04 Å². The van der Waals surface area contributed by atoms with Crippen molar-refractivity contribution in [3.63, 3.8) is 0 Å². The summed E-state index contributed by atoms with van der Waals surface area (Å²) in [7, 11) is 0. The van der Waals surface area contributed by atoms with Crippen LogP contribution in [0.3, 0.4) is 0 Å². The second kappa shape index (κ2) is 10.2. The average molecular weight is 331 g/mol. The number of aliphatic carboxylic acids is 1. The lowest BCUT2D eigenvalue weighted by Crippen LogP contribution is -2.55. The Morgan fingerprint density at radius 2 is 1.68 bits per heavy atom. The van der Waals surface area contributed by atoms with Gasteiger partial charge in [-0.15, -0.1) is 0 Å². The minimum Gasteiger partial charge on any atom is -0.548 e. The lowest BCUT2D eigenvalue weighted by Gasteiger charge is -2.24. The van der Waals surface area contributed by atoms with Gasteiger partial charge in [0.15, 0.2) is 0 Å². The number of ketones is 1. The van der Waals surface area contributed by atoms with E-state index >= 15 is 0 Å². The van der Waals surface area contributed by atoms with E-state index in [1.165, 1.54) is 11.8 Å². The van der Waals surface area contributed by atoms with Crippen molar-refractivity contribution in [2.75, 3.05) is 12.0 Å². The number of rotatable bonds is 10. The maximum Gasteiger partial charge on any atom is 0.287 e. The van der Waals surface area contributed by atoms with E-state index in [9.17, 15) is 24.3 Å². The number of Topliss-reactive ketones (excluding diaryl/α,β-unsaturated/α-hetero) is 1. The smallest absolute Gasteiger partial charge is 0.287 e. The Bertz CT molecular complexity index is 425. The molecule has 0 unspecified atom stereocenters. The number of carboxylic acids is 1. The molecule has 0 spiro atoms. The van der Waals surface area contributed by atoms with Crippen molar-refractivity contribution in [2.24, 2.45) is 5.92 Å². The third-order valence-corrected chi connectivity index (χ3v) is 3.50. The van der Waals surface area contributed by atoms with Crippen LogP contribution >= 0.6 is 11.8 Å². The molecule has 0 bridgehead atoms. The van der Waals surface area contributed by atoms with Crippen LogP contribution in [0.2, 0.25) is 0 Å².